The molecule has 1 N–H and O–H groups in total. The SMILES string of the molecule is CC(C)(C)NC(=O)Cc1ccccc1Cl. The zero-order valence-corrected chi connectivity index (χ0v) is 10.1. The van der Waals surface area contributed by atoms with Gasteiger partial charge in [0.15, 0.2) is 0 Å². The molecule has 2 nitrogen and oxygen atoms in total. The van der Waals surface area contributed by atoms with Crippen molar-refractivity contribution < 1.29 is 4.79 Å². The third-order valence-electron chi connectivity index (χ3n) is 1.82. The minimum Gasteiger partial charge on any atom is -0.351 e. The molecule has 0 atom stereocenters. The highest BCUT2D eigenvalue weighted by molar-refractivity contribution is 6.31. The lowest BCUT2D eigenvalue weighted by atomic mass is 10.1. The summed E-state index contributed by atoms with van der Waals surface area (Å²) in [6, 6.07) is 7.39. The van der Waals surface area contributed by atoms with E-state index >= 15 is 0 Å². The Bertz CT molecular complexity index is 355. The van der Waals surface area contributed by atoms with Gasteiger partial charge in [0.05, 0.1) is 6.42 Å². The first-order valence-corrected chi connectivity index (χ1v) is 5.31. The minimum atomic E-state index is -0.196. The van der Waals surface area contributed by atoms with Crippen molar-refractivity contribution in [1.29, 1.82) is 0 Å². The molecular formula is C12H16ClNO. The predicted octanol–water partition coefficient (Wildman–Crippen LogP) is 2.80. The first-order valence-electron chi connectivity index (χ1n) is 4.93. The maximum Gasteiger partial charge on any atom is 0.224 e. The molecule has 0 radical (unpaired) electrons. The third-order valence-corrected chi connectivity index (χ3v) is 2.19. The largest absolute Gasteiger partial charge is 0.351 e. The molecule has 0 unspecified atom stereocenters. The van der Waals surface area contributed by atoms with E-state index in [4.69, 9.17) is 11.6 Å². The first-order chi connectivity index (χ1) is 6.88. The molecule has 1 amide bonds. The fraction of sp³-hybridized carbons (Fsp3) is 0.417. The number of carbonyl (C=O) groups excluding carboxylic acids is 1. The summed E-state index contributed by atoms with van der Waals surface area (Å²) in [7, 11) is 0. The van der Waals surface area contributed by atoms with Crippen molar-refractivity contribution in [3.05, 3.63) is 34.9 Å². The van der Waals surface area contributed by atoms with Crippen LogP contribution in [0.1, 0.15) is 26.3 Å². The van der Waals surface area contributed by atoms with Gasteiger partial charge in [-0.15, -0.1) is 0 Å². The molecule has 82 valence electrons. The van der Waals surface area contributed by atoms with Crippen LogP contribution in [0.2, 0.25) is 5.02 Å². The molecule has 0 saturated carbocycles. The highest BCUT2D eigenvalue weighted by atomic mass is 35.5. The van der Waals surface area contributed by atoms with Crippen LogP contribution >= 0.6 is 11.6 Å². The number of amides is 1. The smallest absolute Gasteiger partial charge is 0.224 e. The average molecular weight is 226 g/mol. The summed E-state index contributed by atoms with van der Waals surface area (Å²) in [5, 5.41) is 3.54. The lowest BCUT2D eigenvalue weighted by molar-refractivity contribution is -0.121. The van der Waals surface area contributed by atoms with E-state index in [1.165, 1.54) is 0 Å². The van der Waals surface area contributed by atoms with Crippen LogP contribution in [0.25, 0.3) is 0 Å². The maximum absolute atomic E-state index is 11.6. The van der Waals surface area contributed by atoms with E-state index in [-0.39, 0.29) is 11.4 Å². The van der Waals surface area contributed by atoms with Gasteiger partial charge in [-0.3, -0.25) is 4.79 Å². The van der Waals surface area contributed by atoms with Crippen molar-refractivity contribution in [3.63, 3.8) is 0 Å². The molecule has 3 heteroatoms. The lowest BCUT2D eigenvalue weighted by Crippen LogP contribution is -2.41. The Kier molecular flexibility index (Phi) is 3.75. The quantitative estimate of drug-likeness (QED) is 0.824. The number of halogens is 1. The van der Waals surface area contributed by atoms with Crippen LogP contribution in [-0.2, 0) is 11.2 Å². The van der Waals surface area contributed by atoms with Crippen LogP contribution in [0.5, 0.6) is 0 Å². The summed E-state index contributed by atoms with van der Waals surface area (Å²) in [6.07, 6.45) is 0.330. The van der Waals surface area contributed by atoms with E-state index in [1.54, 1.807) is 6.07 Å². The number of benzene rings is 1. The van der Waals surface area contributed by atoms with Crippen LogP contribution in [-0.4, -0.2) is 11.4 Å². The van der Waals surface area contributed by atoms with Gasteiger partial charge in [0.1, 0.15) is 0 Å². The van der Waals surface area contributed by atoms with Gasteiger partial charge >= 0.3 is 0 Å². The summed E-state index contributed by atoms with van der Waals surface area (Å²) in [4.78, 5) is 11.6. The van der Waals surface area contributed by atoms with Crippen molar-refractivity contribution in [3.8, 4) is 0 Å². The summed E-state index contributed by atoms with van der Waals surface area (Å²) in [6.45, 7) is 5.87. The predicted molar refractivity (Wildman–Crippen MR) is 63.1 cm³/mol. The van der Waals surface area contributed by atoms with Crippen LogP contribution in [0.15, 0.2) is 24.3 Å². The number of rotatable bonds is 2. The molecule has 1 rings (SSSR count). The summed E-state index contributed by atoms with van der Waals surface area (Å²) >= 11 is 5.96. The third kappa shape index (κ3) is 4.34. The van der Waals surface area contributed by atoms with Gasteiger partial charge in [-0.2, -0.15) is 0 Å². The number of nitrogens with one attached hydrogen (secondary N) is 1. The zero-order valence-electron chi connectivity index (χ0n) is 9.30. The Morgan fingerprint density at radius 2 is 1.93 bits per heavy atom. The first kappa shape index (κ1) is 12.1. The zero-order chi connectivity index (χ0) is 11.5. The second-order valence-corrected chi connectivity index (χ2v) is 4.97. The molecule has 0 fully saturated rings. The molecule has 0 bridgehead atoms. The fourth-order valence-electron chi connectivity index (χ4n) is 1.28. The normalized spacial score (nSPS) is 11.2. The second kappa shape index (κ2) is 4.67. The Labute approximate surface area is 95.6 Å². The molecule has 0 aliphatic carbocycles. The van der Waals surface area contributed by atoms with Gasteiger partial charge in [0.25, 0.3) is 0 Å². The van der Waals surface area contributed by atoms with E-state index in [0.717, 1.165) is 5.56 Å². The fourth-order valence-corrected chi connectivity index (χ4v) is 1.48. The lowest BCUT2D eigenvalue weighted by Gasteiger charge is -2.20. The molecule has 15 heavy (non-hydrogen) atoms. The molecule has 1 aromatic rings. The van der Waals surface area contributed by atoms with Gasteiger partial charge in [0.2, 0.25) is 5.91 Å². The molecule has 0 spiro atoms. The second-order valence-electron chi connectivity index (χ2n) is 4.57. The van der Waals surface area contributed by atoms with E-state index < -0.39 is 0 Å². The van der Waals surface area contributed by atoms with Crippen LogP contribution in [0.3, 0.4) is 0 Å². The molecular weight excluding hydrogens is 210 g/mol. The Morgan fingerprint density at radius 1 is 1.33 bits per heavy atom. The Hall–Kier alpha value is -1.02. The monoisotopic (exact) mass is 225 g/mol. The van der Waals surface area contributed by atoms with Crippen molar-refractivity contribution in [2.75, 3.05) is 0 Å². The van der Waals surface area contributed by atoms with Gasteiger partial charge in [-0.05, 0) is 32.4 Å². The number of hydrogen-bond donors (Lipinski definition) is 1. The van der Waals surface area contributed by atoms with Crippen molar-refractivity contribution in [1.82, 2.24) is 5.32 Å². The summed E-state index contributed by atoms with van der Waals surface area (Å²) < 4.78 is 0. The minimum absolute atomic E-state index is 0.00407. The molecule has 1 aromatic carbocycles. The van der Waals surface area contributed by atoms with E-state index in [2.05, 4.69) is 5.32 Å². The van der Waals surface area contributed by atoms with Gasteiger partial charge in [0, 0.05) is 10.6 Å². The van der Waals surface area contributed by atoms with Crippen molar-refractivity contribution in [2.24, 2.45) is 0 Å². The highest BCUT2D eigenvalue weighted by Gasteiger charge is 2.14. The van der Waals surface area contributed by atoms with E-state index in [1.807, 2.05) is 39.0 Å². The molecule has 0 aliphatic heterocycles. The summed E-state index contributed by atoms with van der Waals surface area (Å²) in [5.41, 5.74) is 0.666. The number of hydrogen-bond acceptors (Lipinski definition) is 1. The average Bonchev–Trinajstić information content (AvgIpc) is 2.05. The van der Waals surface area contributed by atoms with E-state index in [0.29, 0.717) is 11.4 Å². The van der Waals surface area contributed by atoms with Crippen LogP contribution in [0.4, 0.5) is 0 Å². The molecule has 0 saturated heterocycles. The summed E-state index contributed by atoms with van der Waals surface area (Å²) in [5.74, 6) is -0.00407. The van der Waals surface area contributed by atoms with Gasteiger partial charge in [-0.1, -0.05) is 29.8 Å². The molecule has 0 heterocycles. The van der Waals surface area contributed by atoms with Crippen LogP contribution in [0, 0.1) is 0 Å². The topological polar surface area (TPSA) is 29.1 Å². The maximum atomic E-state index is 11.6. The van der Waals surface area contributed by atoms with Crippen molar-refractivity contribution >= 4 is 17.5 Å². The van der Waals surface area contributed by atoms with Crippen molar-refractivity contribution in [2.45, 2.75) is 32.7 Å². The van der Waals surface area contributed by atoms with Gasteiger partial charge in [-0.25, -0.2) is 0 Å². The molecule has 0 aromatic heterocycles. The highest BCUT2D eigenvalue weighted by Crippen LogP contribution is 2.15. The Morgan fingerprint density at radius 3 is 2.47 bits per heavy atom. The van der Waals surface area contributed by atoms with Crippen LogP contribution < -0.4 is 5.32 Å². The number of carbonyl (C=O) groups is 1. The Balaban J connectivity index is 2.64. The standard InChI is InChI=1S/C12H16ClNO/c1-12(2,3)14-11(15)8-9-6-4-5-7-10(9)13/h4-7H,8H2,1-3H3,(H,14,15). The van der Waals surface area contributed by atoms with Gasteiger partial charge < -0.3 is 5.32 Å². The van der Waals surface area contributed by atoms with E-state index in [9.17, 15) is 4.79 Å². The molecule has 0 aliphatic rings.